The molecule has 0 saturated heterocycles. The Hall–Kier alpha value is -1.79. The number of hydrogen-bond donors (Lipinski definition) is 1. The Morgan fingerprint density at radius 2 is 1.76 bits per heavy atom. The first-order valence-corrected chi connectivity index (χ1v) is 7.89. The molecule has 108 valence electrons. The summed E-state index contributed by atoms with van der Waals surface area (Å²) in [5, 5.41) is 6.81. The van der Waals surface area contributed by atoms with Crippen LogP contribution >= 0.6 is 22.7 Å². The Kier molecular flexibility index (Phi) is 3.98. The van der Waals surface area contributed by atoms with Crippen LogP contribution in [0.2, 0.25) is 0 Å². The molecule has 0 fully saturated rings. The van der Waals surface area contributed by atoms with Crippen LogP contribution in [0.25, 0.3) is 10.4 Å². The van der Waals surface area contributed by atoms with Crippen LogP contribution in [0.1, 0.15) is 4.88 Å². The van der Waals surface area contributed by atoms with Gasteiger partial charge >= 0.3 is 0 Å². The highest BCUT2D eigenvalue weighted by Gasteiger charge is 2.10. The lowest BCUT2D eigenvalue weighted by molar-refractivity contribution is 0.496. The molecule has 0 aliphatic rings. The standard InChI is InChI=1S/C15H10F3NS2/c16-11-5-13(18)14(6-12(11)17)19-7-10-4-9(8-21-10)15-2-1-3-20-15/h1-6,8,19H,7H2. The van der Waals surface area contributed by atoms with E-state index in [-0.39, 0.29) is 5.69 Å². The van der Waals surface area contributed by atoms with Crippen molar-refractivity contribution in [3.63, 3.8) is 0 Å². The van der Waals surface area contributed by atoms with Gasteiger partial charge in [-0.15, -0.1) is 22.7 Å². The topological polar surface area (TPSA) is 12.0 Å². The fraction of sp³-hybridized carbons (Fsp3) is 0.0667. The van der Waals surface area contributed by atoms with E-state index in [4.69, 9.17) is 0 Å². The molecule has 0 saturated carbocycles. The van der Waals surface area contributed by atoms with E-state index in [0.29, 0.717) is 12.6 Å². The minimum atomic E-state index is -1.19. The molecule has 0 bridgehead atoms. The molecule has 1 N–H and O–H groups in total. The molecule has 0 aliphatic heterocycles. The maximum atomic E-state index is 13.5. The summed E-state index contributed by atoms with van der Waals surface area (Å²) in [6.45, 7) is 0.359. The summed E-state index contributed by atoms with van der Waals surface area (Å²) < 4.78 is 39.4. The largest absolute Gasteiger partial charge is 0.378 e. The number of halogens is 3. The van der Waals surface area contributed by atoms with Gasteiger partial charge < -0.3 is 5.32 Å². The second-order valence-corrected chi connectivity index (χ2v) is 6.32. The predicted octanol–water partition coefficient (Wildman–Crippen LogP) is 5.51. The fourth-order valence-corrected chi connectivity index (χ4v) is 3.50. The van der Waals surface area contributed by atoms with Crippen molar-refractivity contribution in [3.8, 4) is 10.4 Å². The summed E-state index contributed by atoms with van der Waals surface area (Å²) in [7, 11) is 0. The molecule has 0 unspecified atom stereocenters. The average Bonchev–Trinajstić information content (AvgIpc) is 3.11. The van der Waals surface area contributed by atoms with E-state index in [2.05, 4.69) is 5.32 Å². The Morgan fingerprint density at radius 3 is 2.52 bits per heavy atom. The van der Waals surface area contributed by atoms with Crippen molar-refractivity contribution in [2.45, 2.75) is 6.54 Å². The third-order valence-electron chi connectivity index (χ3n) is 2.92. The van der Waals surface area contributed by atoms with Crippen LogP contribution in [0.5, 0.6) is 0 Å². The molecule has 0 atom stereocenters. The summed E-state index contributed by atoms with van der Waals surface area (Å²) in [6.07, 6.45) is 0. The lowest BCUT2D eigenvalue weighted by Gasteiger charge is -2.06. The van der Waals surface area contributed by atoms with Crippen LogP contribution in [-0.4, -0.2) is 0 Å². The normalized spacial score (nSPS) is 10.8. The lowest BCUT2D eigenvalue weighted by atomic mass is 10.2. The van der Waals surface area contributed by atoms with Gasteiger partial charge in [-0.05, 0) is 22.9 Å². The lowest BCUT2D eigenvalue weighted by Crippen LogP contribution is -2.01. The highest BCUT2D eigenvalue weighted by atomic mass is 32.1. The van der Waals surface area contributed by atoms with Gasteiger partial charge in [0.05, 0.1) is 5.69 Å². The minimum absolute atomic E-state index is 0.0417. The fourth-order valence-electron chi connectivity index (χ4n) is 1.89. The second kappa shape index (κ2) is 5.91. The molecule has 0 spiro atoms. The van der Waals surface area contributed by atoms with E-state index in [0.717, 1.165) is 21.4 Å². The van der Waals surface area contributed by atoms with Gasteiger partial charge in [0.1, 0.15) is 5.82 Å². The Labute approximate surface area is 127 Å². The second-order valence-electron chi connectivity index (χ2n) is 4.38. The summed E-state index contributed by atoms with van der Waals surface area (Å²) >= 11 is 3.18. The van der Waals surface area contributed by atoms with Gasteiger partial charge in [-0.3, -0.25) is 0 Å². The number of thiophene rings is 2. The van der Waals surface area contributed by atoms with E-state index < -0.39 is 17.5 Å². The van der Waals surface area contributed by atoms with Crippen LogP contribution in [0.4, 0.5) is 18.9 Å². The third-order valence-corrected chi connectivity index (χ3v) is 4.78. The predicted molar refractivity (Wildman–Crippen MR) is 81.3 cm³/mol. The van der Waals surface area contributed by atoms with Crippen LogP contribution in [0.3, 0.4) is 0 Å². The van der Waals surface area contributed by atoms with Crippen molar-refractivity contribution in [1.82, 2.24) is 0 Å². The van der Waals surface area contributed by atoms with Gasteiger partial charge in [0.25, 0.3) is 0 Å². The highest BCUT2D eigenvalue weighted by molar-refractivity contribution is 7.14. The van der Waals surface area contributed by atoms with Gasteiger partial charge in [0.15, 0.2) is 11.6 Å². The summed E-state index contributed by atoms with van der Waals surface area (Å²) in [5.74, 6) is -3.05. The third kappa shape index (κ3) is 3.11. The molecular formula is C15H10F3NS2. The molecule has 2 aromatic heterocycles. The Balaban J connectivity index is 1.72. The monoisotopic (exact) mass is 325 g/mol. The summed E-state index contributed by atoms with van der Waals surface area (Å²) in [6, 6.07) is 7.38. The summed E-state index contributed by atoms with van der Waals surface area (Å²) in [4.78, 5) is 2.15. The molecule has 1 nitrogen and oxygen atoms in total. The molecule has 0 amide bonds. The van der Waals surface area contributed by atoms with Crippen molar-refractivity contribution in [1.29, 1.82) is 0 Å². The highest BCUT2D eigenvalue weighted by Crippen LogP contribution is 2.29. The van der Waals surface area contributed by atoms with Gasteiger partial charge in [-0.1, -0.05) is 6.07 Å². The molecule has 2 heterocycles. The Morgan fingerprint density at radius 1 is 0.952 bits per heavy atom. The van der Waals surface area contributed by atoms with Crippen molar-refractivity contribution in [2.24, 2.45) is 0 Å². The zero-order chi connectivity index (χ0) is 14.8. The van der Waals surface area contributed by atoms with Crippen LogP contribution < -0.4 is 5.32 Å². The van der Waals surface area contributed by atoms with Gasteiger partial charge in [0, 0.05) is 34.0 Å². The number of rotatable bonds is 4. The zero-order valence-electron chi connectivity index (χ0n) is 10.7. The molecule has 0 radical (unpaired) electrons. The van der Waals surface area contributed by atoms with E-state index in [1.54, 1.807) is 11.3 Å². The van der Waals surface area contributed by atoms with E-state index in [1.165, 1.54) is 11.3 Å². The number of hydrogen-bond acceptors (Lipinski definition) is 3. The number of anilines is 1. The minimum Gasteiger partial charge on any atom is -0.378 e. The first kappa shape index (κ1) is 14.2. The van der Waals surface area contributed by atoms with Crippen molar-refractivity contribution in [2.75, 3.05) is 5.32 Å². The molecule has 3 aromatic rings. The van der Waals surface area contributed by atoms with Crippen molar-refractivity contribution in [3.05, 3.63) is 63.4 Å². The quantitative estimate of drug-likeness (QED) is 0.624. The SMILES string of the molecule is Fc1cc(F)c(NCc2cc(-c3cccs3)cs2)cc1F. The van der Waals surface area contributed by atoms with Crippen LogP contribution in [0, 0.1) is 17.5 Å². The Bertz CT molecular complexity index is 750. The zero-order valence-corrected chi connectivity index (χ0v) is 12.3. The molecule has 6 heteroatoms. The van der Waals surface area contributed by atoms with Crippen LogP contribution in [-0.2, 0) is 6.54 Å². The maximum Gasteiger partial charge on any atom is 0.161 e. The van der Waals surface area contributed by atoms with E-state index in [9.17, 15) is 13.2 Å². The summed E-state index contributed by atoms with van der Waals surface area (Å²) in [5.41, 5.74) is 1.07. The van der Waals surface area contributed by atoms with Gasteiger partial charge in [-0.25, -0.2) is 13.2 Å². The molecule has 21 heavy (non-hydrogen) atoms. The number of benzene rings is 1. The molecule has 1 aromatic carbocycles. The molecular weight excluding hydrogens is 315 g/mol. The smallest absolute Gasteiger partial charge is 0.161 e. The maximum absolute atomic E-state index is 13.5. The van der Waals surface area contributed by atoms with Gasteiger partial charge in [0.2, 0.25) is 0 Å². The first-order valence-electron chi connectivity index (χ1n) is 6.13. The number of nitrogens with one attached hydrogen (secondary N) is 1. The molecule has 3 rings (SSSR count). The van der Waals surface area contributed by atoms with Gasteiger partial charge in [-0.2, -0.15) is 0 Å². The van der Waals surface area contributed by atoms with E-state index in [1.807, 2.05) is 29.0 Å². The molecule has 0 aliphatic carbocycles. The van der Waals surface area contributed by atoms with Crippen LogP contribution in [0.15, 0.2) is 41.1 Å². The van der Waals surface area contributed by atoms with Crippen molar-refractivity contribution < 1.29 is 13.2 Å². The first-order chi connectivity index (χ1) is 10.1. The average molecular weight is 325 g/mol. The van der Waals surface area contributed by atoms with Crippen molar-refractivity contribution >= 4 is 28.4 Å². The van der Waals surface area contributed by atoms with E-state index >= 15 is 0 Å².